The summed E-state index contributed by atoms with van der Waals surface area (Å²) in [4.78, 5) is 24.5. The molecule has 0 aliphatic carbocycles. The number of carbonyl (C=O) groups is 1. The van der Waals surface area contributed by atoms with Gasteiger partial charge in [-0.15, -0.1) is 11.3 Å². The first-order chi connectivity index (χ1) is 13.3. The summed E-state index contributed by atoms with van der Waals surface area (Å²) in [7, 11) is 1.25. The maximum absolute atomic E-state index is 12.5. The zero-order chi connectivity index (χ0) is 20.3. The summed E-state index contributed by atoms with van der Waals surface area (Å²) in [6.45, 7) is 0. The molecule has 0 radical (unpaired) electrons. The van der Waals surface area contributed by atoms with E-state index in [1.165, 1.54) is 18.4 Å². The lowest BCUT2D eigenvalue weighted by Crippen LogP contribution is -2.31. The molecule has 10 heteroatoms. The predicted molar refractivity (Wildman–Crippen MR) is 102 cm³/mol. The highest BCUT2D eigenvalue weighted by Gasteiger charge is 2.31. The third-order valence-electron chi connectivity index (χ3n) is 3.78. The van der Waals surface area contributed by atoms with Gasteiger partial charge in [0, 0.05) is 41.2 Å². The van der Waals surface area contributed by atoms with Crippen LogP contribution in [0.25, 0.3) is 22.2 Å². The molecule has 2 heterocycles. The second kappa shape index (κ2) is 7.77. The average molecular weight is 405 g/mol. The number of thiazole rings is 1. The summed E-state index contributed by atoms with van der Waals surface area (Å²) in [6, 6.07) is 6.69. The molecule has 3 aromatic rings. The molecule has 0 aliphatic rings. The van der Waals surface area contributed by atoms with Crippen LogP contribution in [0.2, 0.25) is 0 Å². The van der Waals surface area contributed by atoms with Gasteiger partial charge in [-0.2, -0.15) is 13.2 Å². The molecule has 0 fully saturated rings. The number of amidine groups is 1. The van der Waals surface area contributed by atoms with Gasteiger partial charge < -0.3 is 11.1 Å². The second-order valence-corrected chi connectivity index (χ2v) is 6.38. The van der Waals surface area contributed by atoms with Crippen molar-refractivity contribution in [3.05, 3.63) is 58.7 Å². The lowest BCUT2D eigenvalue weighted by atomic mass is 10.1. The van der Waals surface area contributed by atoms with E-state index >= 15 is 0 Å². The van der Waals surface area contributed by atoms with Gasteiger partial charge in [-0.25, -0.2) is 4.98 Å². The summed E-state index contributed by atoms with van der Waals surface area (Å²) in [5.74, 6) is -0.925. The van der Waals surface area contributed by atoms with Crippen molar-refractivity contribution >= 4 is 34.0 Å². The number of amides is 1. The number of nitrogens with zero attached hydrogens (tertiary/aromatic N) is 3. The molecule has 0 bridgehead atoms. The summed E-state index contributed by atoms with van der Waals surface area (Å²) >= 11 is 1.47. The zero-order valence-electron chi connectivity index (χ0n) is 14.5. The number of benzene rings is 1. The number of hydrogen-bond donors (Lipinski definition) is 2. The Kier molecular flexibility index (Phi) is 5.41. The first-order valence-electron chi connectivity index (χ1n) is 7.89. The Bertz CT molecular complexity index is 1070. The van der Waals surface area contributed by atoms with E-state index < -0.39 is 17.8 Å². The standard InChI is InChI=1S/C18H14F3N5OS/c1-23-16(6-15(22)18(19,20)21)26-17(27)11-3-2-10-4-12(7-24-13(10)5-11)14-8-28-9-25-14/h2-9H,22H2,1H3,(H,23,26,27)/b15-6-. The average Bonchev–Trinajstić information content (AvgIpc) is 3.20. The highest BCUT2D eigenvalue weighted by atomic mass is 32.1. The van der Waals surface area contributed by atoms with Crippen LogP contribution >= 0.6 is 11.3 Å². The first kappa shape index (κ1) is 19.5. The van der Waals surface area contributed by atoms with E-state index in [2.05, 4.69) is 20.3 Å². The summed E-state index contributed by atoms with van der Waals surface area (Å²) in [5, 5.41) is 5.00. The molecule has 0 atom stereocenters. The van der Waals surface area contributed by atoms with Gasteiger partial charge in [0.25, 0.3) is 5.91 Å². The number of carbonyl (C=O) groups excluding carboxylic acids is 1. The molecule has 0 saturated heterocycles. The molecule has 0 spiro atoms. The largest absolute Gasteiger partial charge is 0.430 e. The molecule has 2 aromatic heterocycles. The van der Waals surface area contributed by atoms with E-state index in [0.717, 1.165) is 16.6 Å². The molecule has 28 heavy (non-hydrogen) atoms. The first-order valence-corrected chi connectivity index (χ1v) is 8.83. The third-order valence-corrected chi connectivity index (χ3v) is 4.36. The van der Waals surface area contributed by atoms with Crippen molar-refractivity contribution in [2.45, 2.75) is 6.18 Å². The number of aromatic nitrogens is 2. The van der Waals surface area contributed by atoms with Gasteiger partial charge in [-0.05, 0) is 18.2 Å². The number of hydrogen-bond acceptors (Lipinski definition) is 6. The Hall–Kier alpha value is -3.27. The van der Waals surface area contributed by atoms with Gasteiger partial charge in [-0.1, -0.05) is 6.07 Å². The van der Waals surface area contributed by atoms with Crippen molar-refractivity contribution in [1.29, 1.82) is 0 Å². The minimum Gasteiger partial charge on any atom is -0.395 e. The highest BCUT2D eigenvalue weighted by Crippen LogP contribution is 2.23. The maximum atomic E-state index is 12.5. The molecule has 0 aliphatic heterocycles. The quantitative estimate of drug-likeness (QED) is 0.515. The molecule has 3 rings (SSSR count). The van der Waals surface area contributed by atoms with Crippen LogP contribution in [0.5, 0.6) is 0 Å². The summed E-state index contributed by atoms with van der Waals surface area (Å²) < 4.78 is 37.6. The number of halogens is 3. The zero-order valence-corrected chi connectivity index (χ0v) is 15.3. The summed E-state index contributed by atoms with van der Waals surface area (Å²) in [5.41, 5.74) is 7.76. The van der Waals surface area contributed by atoms with Gasteiger partial charge in [0.15, 0.2) is 0 Å². The van der Waals surface area contributed by atoms with Gasteiger partial charge in [0.2, 0.25) is 0 Å². The molecule has 3 N–H and O–H groups in total. The van der Waals surface area contributed by atoms with E-state index in [0.29, 0.717) is 11.6 Å². The minimum absolute atomic E-state index is 0.224. The summed E-state index contributed by atoms with van der Waals surface area (Å²) in [6.07, 6.45) is -2.50. The fourth-order valence-corrected chi connectivity index (χ4v) is 2.89. The molecular weight excluding hydrogens is 391 g/mol. The number of fused-ring (bicyclic) bond motifs is 1. The number of allylic oxidation sites excluding steroid dienone is 1. The molecule has 0 unspecified atom stereocenters. The Morgan fingerprint density at radius 1 is 1.29 bits per heavy atom. The maximum Gasteiger partial charge on any atom is 0.430 e. The van der Waals surface area contributed by atoms with Crippen molar-refractivity contribution in [2.75, 3.05) is 7.05 Å². The molecule has 1 amide bonds. The molecule has 144 valence electrons. The third kappa shape index (κ3) is 4.34. The monoisotopic (exact) mass is 405 g/mol. The van der Waals surface area contributed by atoms with Crippen LogP contribution in [0.3, 0.4) is 0 Å². The Balaban J connectivity index is 1.83. The normalized spacial score (nSPS) is 13.0. The number of nitrogens with one attached hydrogen (secondary N) is 1. The number of nitrogens with two attached hydrogens (primary N) is 1. The van der Waals surface area contributed by atoms with E-state index in [1.54, 1.807) is 29.9 Å². The molecule has 1 aromatic carbocycles. The van der Waals surface area contributed by atoms with Gasteiger partial charge in [-0.3, -0.25) is 14.8 Å². The molecule has 0 saturated carbocycles. The second-order valence-electron chi connectivity index (χ2n) is 5.67. The van der Waals surface area contributed by atoms with Crippen molar-refractivity contribution in [3.63, 3.8) is 0 Å². The van der Waals surface area contributed by atoms with E-state index in [1.807, 2.05) is 11.4 Å². The topological polar surface area (TPSA) is 93.3 Å². The smallest absolute Gasteiger partial charge is 0.395 e. The number of rotatable bonds is 3. The van der Waals surface area contributed by atoms with Crippen LogP contribution in [0.15, 0.2) is 58.1 Å². The van der Waals surface area contributed by atoms with Crippen molar-refractivity contribution in [1.82, 2.24) is 15.3 Å². The van der Waals surface area contributed by atoms with Crippen molar-refractivity contribution < 1.29 is 18.0 Å². The van der Waals surface area contributed by atoms with Gasteiger partial charge in [0.1, 0.15) is 11.5 Å². The SMILES string of the molecule is CN=C(/C=C(\N)C(F)(F)F)NC(=O)c1ccc2cc(-c3cscn3)cnc2c1. The van der Waals surface area contributed by atoms with Crippen LogP contribution in [0.1, 0.15) is 10.4 Å². The van der Waals surface area contributed by atoms with Gasteiger partial charge >= 0.3 is 6.18 Å². The van der Waals surface area contributed by atoms with E-state index in [9.17, 15) is 18.0 Å². The van der Waals surface area contributed by atoms with Gasteiger partial charge in [0.05, 0.1) is 16.7 Å². The lowest BCUT2D eigenvalue weighted by molar-refractivity contribution is -0.0925. The molecule has 6 nitrogen and oxygen atoms in total. The molecular formula is C18H14F3N5OS. The van der Waals surface area contributed by atoms with Crippen molar-refractivity contribution in [3.8, 4) is 11.3 Å². The van der Waals surface area contributed by atoms with Crippen LogP contribution in [0, 0.1) is 0 Å². The van der Waals surface area contributed by atoms with Crippen LogP contribution < -0.4 is 11.1 Å². The van der Waals surface area contributed by atoms with Crippen LogP contribution in [-0.4, -0.2) is 34.9 Å². The van der Waals surface area contributed by atoms with E-state index in [4.69, 9.17) is 5.73 Å². The predicted octanol–water partition coefficient (Wildman–Crippen LogP) is 3.52. The Morgan fingerprint density at radius 2 is 2.07 bits per heavy atom. The number of aliphatic imine (C=N–C) groups is 1. The Morgan fingerprint density at radius 3 is 2.71 bits per heavy atom. The number of pyridine rings is 1. The van der Waals surface area contributed by atoms with Crippen molar-refractivity contribution in [2.24, 2.45) is 10.7 Å². The lowest BCUT2D eigenvalue weighted by Gasteiger charge is -2.09. The highest BCUT2D eigenvalue weighted by molar-refractivity contribution is 7.07. The fraction of sp³-hybridized carbons (Fsp3) is 0.111. The van der Waals surface area contributed by atoms with Crippen LogP contribution in [0.4, 0.5) is 13.2 Å². The van der Waals surface area contributed by atoms with Crippen LogP contribution in [-0.2, 0) is 0 Å². The minimum atomic E-state index is -4.71. The fourth-order valence-electron chi connectivity index (χ4n) is 2.33. The van der Waals surface area contributed by atoms with E-state index in [-0.39, 0.29) is 11.4 Å². The number of alkyl halides is 3. The Labute approximate surface area is 161 Å².